The highest BCUT2D eigenvalue weighted by Gasteiger charge is 2.19. The van der Waals surface area contributed by atoms with Crippen LogP contribution in [0.15, 0.2) is 24.3 Å². The Hall–Kier alpha value is -1.63. The molecule has 1 aromatic rings. The van der Waals surface area contributed by atoms with Crippen molar-refractivity contribution in [2.24, 2.45) is 5.73 Å². The fraction of sp³-hybridized carbons (Fsp3) is 0.467. The molecule has 0 saturated heterocycles. The van der Waals surface area contributed by atoms with E-state index in [9.17, 15) is 9.59 Å². The zero-order chi connectivity index (χ0) is 15.8. The summed E-state index contributed by atoms with van der Waals surface area (Å²) in [5.74, 6) is -0.316. The maximum Gasteiger partial charge on any atom is 0.254 e. The first kappa shape index (κ1) is 20.4. The molecule has 0 aliphatic carbocycles. The molecule has 22 heavy (non-hydrogen) atoms. The van der Waals surface area contributed by atoms with E-state index in [1.165, 1.54) is 9.80 Å². The lowest BCUT2D eigenvalue weighted by Gasteiger charge is -2.23. The third-order valence-corrected chi connectivity index (χ3v) is 3.11. The number of hydrogen-bond acceptors (Lipinski definition) is 4. The van der Waals surface area contributed by atoms with Crippen LogP contribution in [0.2, 0.25) is 0 Å². The summed E-state index contributed by atoms with van der Waals surface area (Å²) in [5, 5.41) is 0. The van der Waals surface area contributed by atoms with Crippen LogP contribution in [0.5, 0.6) is 0 Å². The molecule has 0 heterocycles. The number of hydrogen-bond donors (Lipinski definition) is 1. The molecule has 0 aliphatic rings. The lowest BCUT2D eigenvalue weighted by Crippen LogP contribution is -2.41. The second-order valence-corrected chi connectivity index (χ2v) is 4.91. The summed E-state index contributed by atoms with van der Waals surface area (Å²) in [6.07, 6.45) is 0. The van der Waals surface area contributed by atoms with Crippen LogP contribution in [0, 0.1) is 0 Å². The number of carbonyl (C=O) groups is 2. The molecule has 0 fully saturated rings. The zero-order valence-electron chi connectivity index (χ0n) is 13.2. The largest absolute Gasteiger partial charge is 0.383 e. The second kappa shape index (κ2) is 10.2. The van der Waals surface area contributed by atoms with Gasteiger partial charge in [-0.15, -0.1) is 12.4 Å². The van der Waals surface area contributed by atoms with E-state index in [1.54, 1.807) is 33.3 Å². The van der Waals surface area contributed by atoms with Crippen molar-refractivity contribution < 1.29 is 14.3 Å². The van der Waals surface area contributed by atoms with E-state index >= 15 is 0 Å². The number of halogens is 1. The number of methoxy groups -OCH3 is 1. The topological polar surface area (TPSA) is 75.9 Å². The highest BCUT2D eigenvalue weighted by Crippen LogP contribution is 2.08. The molecular formula is C15H24ClN3O3. The predicted octanol–water partition coefficient (Wildman–Crippen LogP) is 0.744. The van der Waals surface area contributed by atoms with E-state index in [1.807, 2.05) is 12.1 Å². The zero-order valence-corrected chi connectivity index (χ0v) is 14.1. The molecule has 0 atom stereocenters. The van der Waals surface area contributed by atoms with Crippen LogP contribution in [0.1, 0.15) is 15.9 Å². The molecule has 2 amide bonds. The minimum absolute atomic E-state index is 0. The van der Waals surface area contributed by atoms with Gasteiger partial charge in [0.2, 0.25) is 5.91 Å². The van der Waals surface area contributed by atoms with Crippen LogP contribution in [0.4, 0.5) is 0 Å². The predicted molar refractivity (Wildman–Crippen MR) is 88.1 cm³/mol. The van der Waals surface area contributed by atoms with Crippen molar-refractivity contribution >= 4 is 24.2 Å². The number of nitrogens with zero attached hydrogens (tertiary/aromatic N) is 2. The van der Waals surface area contributed by atoms with Crippen LogP contribution in [0.3, 0.4) is 0 Å². The summed E-state index contributed by atoms with van der Waals surface area (Å²) < 4.78 is 5.00. The Bertz CT molecular complexity index is 477. The standard InChI is InChI=1S/C15H23N3O3.ClH/c1-17(2)14(19)11-18(8-9-21-3)15(20)13-6-4-12(10-16)5-7-13;/h4-7H,8-11,16H2,1-3H3;1H. The molecule has 0 spiro atoms. The molecule has 0 radical (unpaired) electrons. The van der Waals surface area contributed by atoms with E-state index in [2.05, 4.69) is 0 Å². The summed E-state index contributed by atoms with van der Waals surface area (Å²) in [5.41, 5.74) is 7.03. The summed E-state index contributed by atoms with van der Waals surface area (Å²) >= 11 is 0. The fourth-order valence-corrected chi connectivity index (χ4v) is 1.72. The van der Waals surface area contributed by atoms with Crippen LogP contribution < -0.4 is 5.73 Å². The van der Waals surface area contributed by atoms with Crippen molar-refractivity contribution in [3.05, 3.63) is 35.4 Å². The second-order valence-electron chi connectivity index (χ2n) is 4.91. The third-order valence-electron chi connectivity index (χ3n) is 3.11. The van der Waals surface area contributed by atoms with Crippen LogP contribution in [0.25, 0.3) is 0 Å². The first-order valence-electron chi connectivity index (χ1n) is 6.77. The number of ether oxygens (including phenoxy) is 1. The number of amides is 2. The van der Waals surface area contributed by atoms with Crippen molar-refractivity contribution in [1.82, 2.24) is 9.80 Å². The lowest BCUT2D eigenvalue weighted by atomic mass is 10.1. The Morgan fingerprint density at radius 3 is 2.23 bits per heavy atom. The molecule has 1 rings (SSSR count). The summed E-state index contributed by atoms with van der Waals surface area (Å²) in [6.45, 7) is 1.22. The molecule has 0 saturated carbocycles. The number of nitrogens with two attached hydrogens (primary N) is 1. The summed E-state index contributed by atoms with van der Waals surface area (Å²) in [4.78, 5) is 27.3. The Morgan fingerprint density at radius 1 is 1.18 bits per heavy atom. The Kier molecular flexibility index (Phi) is 9.40. The molecule has 2 N–H and O–H groups in total. The fourth-order valence-electron chi connectivity index (χ4n) is 1.72. The van der Waals surface area contributed by atoms with Gasteiger partial charge in [-0.25, -0.2) is 0 Å². The maximum absolute atomic E-state index is 12.5. The number of benzene rings is 1. The smallest absolute Gasteiger partial charge is 0.254 e. The van der Waals surface area contributed by atoms with Gasteiger partial charge in [-0.3, -0.25) is 9.59 Å². The van der Waals surface area contributed by atoms with E-state index in [-0.39, 0.29) is 30.8 Å². The molecule has 7 heteroatoms. The van der Waals surface area contributed by atoms with Gasteiger partial charge in [0.25, 0.3) is 5.91 Å². The molecule has 0 bridgehead atoms. The van der Waals surface area contributed by atoms with Crippen molar-refractivity contribution in [1.29, 1.82) is 0 Å². The van der Waals surface area contributed by atoms with E-state index < -0.39 is 0 Å². The third kappa shape index (κ3) is 6.01. The normalized spacial score (nSPS) is 9.82. The molecule has 6 nitrogen and oxygen atoms in total. The van der Waals surface area contributed by atoms with Gasteiger partial charge in [0.15, 0.2) is 0 Å². The highest BCUT2D eigenvalue weighted by atomic mass is 35.5. The summed E-state index contributed by atoms with van der Waals surface area (Å²) in [7, 11) is 4.89. The van der Waals surface area contributed by atoms with Gasteiger partial charge < -0.3 is 20.3 Å². The van der Waals surface area contributed by atoms with Crippen LogP contribution in [-0.2, 0) is 16.1 Å². The lowest BCUT2D eigenvalue weighted by molar-refractivity contribution is -0.129. The minimum Gasteiger partial charge on any atom is -0.383 e. The first-order chi connectivity index (χ1) is 9.99. The number of likely N-dealkylation sites (N-methyl/N-ethyl adjacent to an activating group) is 1. The van der Waals surface area contributed by atoms with Crippen molar-refractivity contribution in [2.75, 3.05) is 40.9 Å². The van der Waals surface area contributed by atoms with E-state index in [0.717, 1.165) is 5.56 Å². The van der Waals surface area contributed by atoms with Gasteiger partial charge in [0, 0.05) is 39.9 Å². The van der Waals surface area contributed by atoms with E-state index in [0.29, 0.717) is 25.3 Å². The molecule has 1 aromatic carbocycles. The van der Waals surface area contributed by atoms with Crippen LogP contribution >= 0.6 is 12.4 Å². The maximum atomic E-state index is 12.5. The van der Waals surface area contributed by atoms with Crippen molar-refractivity contribution in [2.45, 2.75) is 6.54 Å². The van der Waals surface area contributed by atoms with Gasteiger partial charge in [-0.05, 0) is 17.7 Å². The van der Waals surface area contributed by atoms with Gasteiger partial charge in [-0.1, -0.05) is 12.1 Å². The Labute approximate surface area is 137 Å². The average molecular weight is 330 g/mol. The van der Waals surface area contributed by atoms with Gasteiger partial charge in [0.05, 0.1) is 6.61 Å². The summed E-state index contributed by atoms with van der Waals surface area (Å²) in [6, 6.07) is 7.08. The average Bonchev–Trinajstić information content (AvgIpc) is 2.50. The molecule has 124 valence electrons. The molecule has 0 unspecified atom stereocenters. The van der Waals surface area contributed by atoms with Gasteiger partial charge >= 0.3 is 0 Å². The quantitative estimate of drug-likeness (QED) is 0.800. The van der Waals surface area contributed by atoms with E-state index in [4.69, 9.17) is 10.5 Å². The monoisotopic (exact) mass is 329 g/mol. The molecule has 0 aliphatic heterocycles. The number of rotatable bonds is 7. The first-order valence-corrected chi connectivity index (χ1v) is 6.77. The van der Waals surface area contributed by atoms with Crippen LogP contribution in [-0.4, -0.2) is 62.5 Å². The Balaban J connectivity index is 0.00000441. The van der Waals surface area contributed by atoms with Gasteiger partial charge in [0.1, 0.15) is 6.54 Å². The molecule has 0 aromatic heterocycles. The minimum atomic E-state index is -0.189. The number of carbonyl (C=O) groups excluding carboxylic acids is 2. The highest BCUT2D eigenvalue weighted by molar-refractivity contribution is 5.96. The molecular weight excluding hydrogens is 306 g/mol. The van der Waals surface area contributed by atoms with Crippen molar-refractivity contribution in [3.8, 4) is 0 Å². The van der Waals surface area contributed by atoms with Gasteiger partial charge in [-0.2, -0.15) is 0 Å². The Morgan fingerprint density at radius 2 is 1.77 bits per heavy atom. The SMILES string of the molecule is COCCN(CC(=O)N(C)C)C(=O)c1ccc(CN)cc1.Cl. The van der Waals surface area contributed by atoms with Crippen molar-refractivity contribution in [3.63, 3.8) is 0 Å².